The smallest absolute Gasteiger partial charge is 0.313 e. The molecule has 6 nitrogen and oxygen atoms in total. The molecule has 2 rings (SSSR count). The largest absolute Gasteiger partial charge is 0.481 e. The Hall–Kier alpha value is -1.38. The second-order valence-electron chi connectivity index (χ2n) is 4.06. The third kappa shape index (κ3) is 3.38. The van der Waals surface area contributed by atoms with Crippen molar-refractivity contribution in [2.45, 2.75) is 18.7 Å². The molecule has 2 N–H and O–H groups in total. The molecule has 0 aliphatic heterocycles. The van der Waals surface area contributed by atoms with E-state index < -0.39 is 5.97 Å². The molecule has 0 saturated heterocycles. The minimum atomic E-state index is -0.930. The fraction of sp³-hybridized carbons (Fsp3) is 0.250. The van der Waals surface area contributed by atoms with Crippen molar-refractivity contribution in [3.05, 3.63) is 34.1 Å². The molecule has 0 radical (unpaired) electrons. The number of benzene rings is 1. The predicted molar refractivity (Wildman–Crippen MR) is 78.1 cm³/mol. The topological polar surface area (TPSA) is 88.2 Å². The third-order valence-corrected chi connectivity index (χ3v) is 3.82. The first kappa shape index (κ1) is 15.0. The van der Waals surface area contributed by atoms with Gasteiger partial charge in [-0.25, -0.2) is 0 Å². The van der Waals surface area contributed by atoms with E-state index in [1.165, 1.54) is 0 Å². The molecule has 0 unspecified atom stereocenters. The van der Waals surface area contributed by atoms with Gasteiger partial charge >= 0.3 is 5.97 Å². The van der Waals surface area contributed by atoms with Crippen LogP contribution in [0.5, 0.6) is 0 Å². The average Bonchev–Trinajstić information content (AvgIpc) is 2.77. The molecular weight excluding hydrogens is 346 g/mol. The van der Waals surface area contributed by atoms with Crippen LogP contribution >= 0.6 is 27.7 Å². The predicted octanol–water partition coefficient (Wildman–Crippen LogP) is 2.01. The van der Waals surface area contributed by atoms with E-state index in [0.717, 1.165) is 27.5 Å². The number of aromatic nitrogens is 3. The Morgan fingerprint density at radius 1 is 1.40 bits per heavy atom. The van der Waals surface area contributed by atoms with Crippen molar-refractivity contribution in [2.24, 2.45) is 0 Å². The summed E-state index contributed by atoms with van der Waals surface area (Å²) in [4.78, 5) is 10.7. The Kier molecular flexibility index (Phi) is 4.79. The molecule has 0 fully saturated rings. The number of carbonyl (C=O) groups is 1. The summed E-state index contributed by atoms with van der Waals surface area (Å²) in [5.41, 5.74) is 1.81. The maximum absolute atomic E-state index is 10.7. The minimum absolute atomic E-state index is 0.115. The maximum atomic E-state index is 10.7. The molecule has 1 heterocycles. The van der Waals surface area contributed by atoms with E-state index in [1.807, 2.05) is 25.1 Å². The number of rotatable bonds is 5. The van der Waals surface area contributed by atoms with Crippen LogP contribution in [0, 0.1) is 6.92 Å². The fourth-order valence-corrected chi connectivity index (χ4v) is 3.01. The number of hydrogen-bond acceptors (Lipinski definition) is 5. The zero-order valence-corrected chi connectivity index (χ0v) is 13.0. The van der Waals surface area contributed by atoms with Gasteiger partial charge in [0.05, 0.1) is 11.4 Å². The molecule has 0 amide bonds. The van der Waals surface area contributed by atoms with Gasteiger partial charge in [0.2, 0.25) is 0 Å². The summed E-state index contributed by atoms with van der Waals surface area (Å²) in [6.45, 7) is 1.67. The number of hydrogen-bond donors (Lipinski definition) is 2. The SMILES string of the molecule is Cc1cc(Br)cc(-n2c(CO)nnc2SCC(=O)O)c1. The van der Waals surface area contributed by atoms with E-state index in [2.05, 4.69) is 26.1 Å². The number of aliphatic hydroxyl groups excluding tert-OH is 1. The van der Waals surface area contributed by atoms with Gasteiger partial charge in [-0.05, 0) is 30.7 Å². The highest BCUT2D eigenvalue weighted by molar-refractivity contribution is 9.10. The molecule has 20 heavy (non-hydrogen) atoms. The van der Waals surface area contributed by atoms with Crippen molar-refractivity contribution in [1.29, 1.82) is 0 Å². The Balaban J connectivity index is 2.47. The Bertz CT molecular complexity index is 625. The average molecular weight is 358 g/mol. The lowest BCUT2D eigenvalue weighted by molar-refractivity contribution is -0.133. The van der Waals surface area contributed by atoms with Crippen molar-refractivity contribution in [2.75, 3.05) is 5.75 Å². The molecule has 2 aromatic rings. The van der Waals surface area contributed by atoms with Crippen LogP contribution in [0.15, 0.2) is 27.8 Å². The second kappa shape index (κ2) is 6.38. The molecule has 8 heteroatoms. The maximum Gasteiger partial charge on any atom is 0.313 e. The highest BCUT2D eigenvalue weighted by Crippen LogP contribution is 2.25. The van der Waals surface area contributed by atoms with E-state index in [-0.39, 0.29) is 12.4 Å². The highest BCUT2D eigenvalue weighted by Gasteiger charge is 2.15. The minimum Gasteiger partial charge on any atom is -0.481 e. The van der Waals surface area contributed by atoms with Crippen LogP contribution in [-0.2, 0) is 11.4 Å². The summed E-state index contributed by atoms with van der Waals surface area (Å²) in [5, 5.41) is 26.4. The van der Waals surface area contributed by atoms with Crippen LogP contribution in [-0.4, -0.2) is 36.7 Å². The van der Waals surface area contributed by atoms with Gasteiger partial charge in [-0.2, -0.15) is 0 Å². The summed E-state index contributed by atoms with van der Waals surface area (Å²) in [7, 11) is 0. The first-order valence-corrected chi connectivity index (χ1v) is 7.46. The standard InChI is InChI=1S/C12H12BrN3O3S/c1-7-2-8(13)4-9(3-7)16-10(5-17)14-15-12(16)20-6-11(18)19/h2-4,17H,5-6H2,1H3,(H,18,19). The van der Waals surface area contributed by atoms with Gasteiger partial charge in [-0.15, -0.1) is 10.2 Å². The Morgan fingerprint density at radius 3 is 2.75 bits per heavy atom. The van der Waals surface area contributed by atoms with Gasteiger partial charge in [0.25, 0.3) is 0 Å². The van der Waals surface area contributed by atoms with Crippen molar-refractivity contribution in [3.8, 4) is 5.69 Å². The second-order valence-corrected chi connectivity index (χ2v) is 5.92. The zero-order chi connectivity index (χ0) is 14.7. The summed E-state index contributed by atoms with van der Waals surface area (Å²) >= 11 is 4.48. The molecule has 1 aromatic heterocycles. The molecule has 106 valence electrons. The number of carboxylic acid groups (broad SMARTS) is 1. The third-order valence-electron chi connectivity index (χ3n) is 2.45. The van der Waals surface area contributed by atoms with E-state index in [0.29, 0.717) is 11.0 Å². The molecule has 0 aliphatic rings. The number of aryl methyl sites for hydroxylation is 1. The Morgan fingerprint density at radius 2 is 2.15 bits per heavy atom. The summed E-state index contributed by atoms with van der Waals surface area (Å²) in [5.74, 6) is -0.674. The van der Waals surface area contributed by atoms with Gasteiger partial charge in [-0.3, -0.25) is 9.36 Å². The first-order chi connectivity index (χ1) is 9.51. The molecule has 0 spiro atoms. The summed E-state index contributed by atoms with van der Waals surface area (Å²) in [6, 6.07) is 5.73. The normalized spacial score (nSPS) is 10.8. The first-order valence-electron chi connectivity index (χ1n) is 5.68. The fourth-order valence-electron chi connectivity index (χ4n) is 1.73. The highest BCUT2D eigenvalue weighted by atomic mass is 79.9. The van der Waals surface area contributed by atoms with Crippen LogP contribution in [0.25, 0.3) is 5.69 Å². The van der Waals surface area contributed by atoms with E-state index >= 15 is 0 Å². The number of thioether (sulfide) groups is 1. The van der Waals surface area contributed by atoms with Crippen LogP contribution < -0.4 is 0 Å². The van der Waals surface area contributed by atoms with E-state index in [1.54, 1.807) is 4.57 Å². The van der Waals surface area contributed by atoms with Crippen LogP contribution in [0.1, 0.15) is 11.4 Å². The summed E-state index contributed by atoms with van der Waals surface area (Å²) in [6.07, 6.45) is 0. The molecule has 0 bridgehead atoms. The number of nitrogens with zero attached hydrogens (tertiary/aromatic N) is 3. The lowest BCUT2D eigenvalue weighted by Crippen LogP contribution is -2.05. The van der Waals surface area contributed by atoms with Crippen molar-refractivity contribution in [3.63, 3.8) is 0 Å². The Labute approximate surface area is 128 Å². The summed E-state index contributed by atoms with van der Waals surface area (Å²) < 4.78 is 2.55. The lowest BCUT2D eigenvalue weighted by atomic mass is 10.2. The van der Waals surface area contributed by atoms with Crippen molar-refractivity contribution < 1.29 is 15.0 Å². The zero-order valence-electron chi connectivity index (χ0n) is 10.6. The molecule has 0 aliphatic carbocycles. The van der Waals surface area contributed by atoms with Gasteiger partial charge in [0.15, 0.2) is 11.0 Å². The molecular formula is C12H12BrN3O3S. The van der Waals surface area contributed by atoms with Gasteiger partial charge in [-0.1, -0.05) is 27.7 Å². The number of aliphatic carboxylic acids is 1. The van der Waals surface area contributed by atoms with Crippen molar-refractivity contribution in [1.82, 2.24) is 14.8 Å². The number of aliphatic hydroxyl groups is 1. The lowest BCUT2D eigenvalue weighted by Gasteiger charge is -2.10. The van der Waals surface area contributed by atoms with E-state index in [9.17, 15) is 9.90 Å². The monoisotopic (exact) mass is 357 g/mol. The van der Waals surface area contributed by atoms with Gasteiger partial charge in [0.1, 0.15) is 6.61 Å². The molecule has 0 atom stereocenters. The van der Waals surface area contributed by atoms with Crippen LogP contribution in [0.3, 0.4) is 0 Å². The molecule has 1 aromatic carbocycles. The molecule has 0 saturated carbocycles. The van der Waals surface area contributed by atoms with Gasteiger partial charge in [0, 0.05) is 4.47 Å². The van der Waals surface area contributed by atoms with Crippen LogP contribution in [0.2, 0.25) is 0 Å². The number of halogens is 1. The van der Waals surface area contributed by atoms with Crippen LogP contribution in [0.4, 0.5) is 0 Å². The van der Waals surface area contributed by atoms with E-state index in [4.69, 9.17) is 5.11 Å². The van der Waals surface area contributed by atoms with Gasteiger partial charge < -0.3 is 10.2 Å². The number of carboxylic acids is 1. The van der Waals surface area contributed by atoms with Crippen molar-refractivity contribution >= 4 is 33.7 Å². The quantitative estimate of drug-likeness (QED) is 0.795.